The van der Waals surface area contributed by atoms with Crippen molar-refractivity contribution in [3.05, 3.63) is 95.1 Å². The minimum Gasteiger partial charge on any atom is -0.302 e. The zero-order valence-electron chi connectivity index (χ0n) is 21.8. The van der Waals surface area contributed by atoms with Gasteiger partial charge < -0.3 is 4.90 Å². The summed E-state index contributed by atoms with van der Waals surface area (Å²) in [6.45, 7) is 10.3. The van der Waals surface area contributed by atoms with Crippen molar-refractivity contribution in [2.24, 2.45) is 10.9 Å². The summed E-state index contributed by atoms with van der Waals surface area (Å²) >= 11 is 0. The Labute approximate surface area is 214 Å². The highest BCUT2D eigenvalue weighted by atomic mass is 16.2. The molecule has 0 aromatic heterocycles. The standard InChI is InChI=1S/C32H34N2O2/c1-20-10-12-23(13-11-20)31-30-27(33-26-8-6-7-9-28(26)34(31)21(2)35)18-24(19-29(30)36)22-14-16-25(17-15-22)32(3,4)5/h6-17,24,30-31H,18-19H2,1-5H3/t24-,30-,31-/m1/s1. The fourth-order valence-electron chi connectivity index (χ4n) is 5.66. The molecule has 4 heteroatoms. The SMILES string of the molecule is CC(=O)N1c2ccccc2N=C2C[C@@H](c3ccc(C(C)(C)C)cc3)CC(=O)[C@@H]2[C@H]1c1ccc(C)cc1. The van der Waals surface area contributed by atoms with Crippen LogP contribution in [0.3, 0.4) is 0 Å². The molecule has 3 aromatic rings. The molecular formula is C32H34N2O2. The molecule has 1 saturated carbocycles. The van der Waals surface area contributed by atoms with Crippen molar-refractivity contribution in [1.29, 1.82) is 0 Å². The quantitative estimate of drug-likeness (QED) is 0.390. The number of rotatable bonds is 2. The fraction of sp³-hybridized carbons (Fsp3) is 0.344. The Kier molecular flexibility index (Phi) is 6.15. The van der Waals surface area contributed by atoms with Gasteiger partial charge in [-0.05, 0) is 53.5 Å². The van der Waals surface area contributed by atoms with Gasteiger partial charge in [0.2, 0.25) is 5.91 Å². The van der Waals surface area contributed by atoms with Crippen LogP contribution < -0.4 is 4.90 Å². The fourth-order valence-corrected chi connectivity index (χ4v) is 5.66. The molecule has 3 aromatic carbocycles. The van der Waals surface area contributed by atoms with E-state index >= 15 is 0 Å². The van der Waals surface area contributed by atoms with Crippen LogP contribution in [-0.2, 0) is 15.0 Å². The molecule has 1 aliphatic carbocycles. The number of nitrogens with zero attached hydrogens (tertiary/aromatic N) is 2. The van der Waals surface area contributed by atoms with Crippen LogP contribution in [0.5, 0.6) is 0 Å². The van der Waals surface area contributed by atoms with Gasteiger partial charge in [-0.25, -0.2) is 0 Å². The number of carbonyl (C=O) groups is 2. The first-order chi connectivity index (χ1) is 17.1. The lowest BCUT2D eigenvalue weighted by Crippen LogP contribution is -2.45. The van der Waals surface area contributed by atoms with E-state index in [1.165, 1.54) is 11.1 Å². The van der Waals surface area contributed by atoms with Crippen molar-refractivity contribution < 1.29 is 9.59 Å². The van der Waals surface area contributed by atoms with Crippen LogP contribution in [0.1, 0.15) is 74.8 Å². The van der Waals surface area contributed by atoms with Gasteiger partial charge in [-0.2, -0.15) is 0 Å². The molecule has 1 aliphatic heterocycles. The molecule has 0 bridgehead atoms. The molecule has 0 spiro atoms. The molecule has 0 N–H and O–H groups in total. The Morgan fingerprint density at radius 2 is 1.53 bits per heavy atom. The maximum absolute atomic E-state index is 13.9. The van der Waals surface area contributed by atoms with Crippen LogP contribution in [-0.4, -0.2) is 17.4 Å². The van der Waals surface area contributed by atoms with Crippen molar-refractivity contribution in [2.75, 3.05) is 4.90 Å². The molecule has 36 heavy (non-hydrogen) atoms. The van der Waals surface area contributed by atoms with Crippen LogP contribution >= 0.6 is 0 Å². The molecule has 5 rings (SSSR count). The predicted molar refractivity (Wildman–Crippen MR) is 146 cm³/mol. The summed E-state index contributed by atoms with van der Waals surface area (Å²) < 4.78 is 0. The van der Waals surface area contributed by atoms with Crippen molar-refractivity contribution in [3.63, 3.8) is 0 Å². The highest BCUT2D eigenvalue weighted by Gasteiger charge is 2.45. The van der Waals surface area contributed by atoms with Crippen LogP contribution in [0.25, 0.3) is 0 Å². The number of aryl methyl sites for hydroxylation is 1. The molecule has 184 valence electrons. The zero-order valence-corrected chi connectivity index (χ0v) is 21.8. The van der Waals surface area contributed by atoms with E-state index < -0.39 is 12.0 Å². The van der Waals surface area contributed by atoms with Gasteiger partial charge in [0.1, 0.15) is 5.78 Å². The third kappa shape index (κ3) is 4.41. The molecule has 0 saturated heterocycles. The lowest BCUT2D eigenvalue weighted by atomic mass is 9.71. The van der Waals surface area contributed by atoms with Gasteiger partial charge in [-0.3, -0.25) is 14.6 Å². The minimum absolute atomic E-state index is 0.0798. The van der Waals surface area contributed by atoms with Gasteiger partial charge in [0.15, 0.2) is 0 Å². The van der Waals surface area contributed by atoms with Crippen molar-refractivity contribution in [3.8, 4) is 0 Å². The summed E-state index contributed by atoms with van der Waals surface area (Å²) in [5.41, 5.74) is 7.02. The Bertz CT molecular complexity index is 1330. The number of Topliss-reactive ketones (excluding diaryl/α,β-unsaturated/α-hetero) is 1. The molecule has 0 unspecified atom stereocenters. The molecule has 1 amide bonds. The van der Waals surface area contributed by atoms with E-state index in [1.54, 1.807) is 11.8 Å². The average molecular weight is 479 g/mol. The number of hydrogen-bond acceptors (Lipinski definition) is 3. The van der Waals surface area contributed by atoms with Crippen LogP contribution in [0.2, 0.25) is 0 Å². The van der Waals surface area contributed by atoms with Crippen LogP contribution in [0, 0.1) is 12.8 Å². The first-order valence-electron chi connectivity index (χ1n) is 12.8. The third-order valence-corrected chi connectivity index (χ3v) is 7.61. The van der Waals surface area contributed by atoms with Crippen LogP contribution in [0.15, 0.2) is 77.8 Å². The topological polar surface area (TPSA) is 49.7 Å². The van der Waals surface area contributed by atoms with Crippen molar-refractivity contribution in [1.82, 2.24) is 0 Å². The van der Waals surface area contributed by atoms with Gasteiger partial charge in [-0.1, -0.05) is 87.0 Å². The summed E-state index contributed by atoms with van der Waals surface area (Å²) in [6, 6.07) is 24.2. The highest BCUT2D eigenvalue weighted by Crippen LogP contribution is 2.47. The van der Waals surface area contributed by atoms with Gasteiger partial charge in [0.05, 0.1) is 23.3 Å². The second kappa shape index (κ2) is 9.16. The number of ketones is 1. The molecular weight excluding hydrogens is 444 g/mol. The summed E-state index contributed by atoms with van der Waals surface area (Å²) in [7, 11) is 0. The van der Waals surface area contributed by atoms with E-state index in [9.17, 15) is 9.59 Å². The minimum atomic E-state index is -0.464. The molecule has 1 fully saturated rings. The maximum Gasteiger partial charge on any atom is 0.224 e. The lowest BCUT2D eigenvalue weighted by molar-refractivity contribution is -0.123. The van der Waals surface area contributed by atoms with Crippen molar-refractivity contribution in [2.45, 2.75) is 64.8 Å². The number of aliphatic imine (C=N–C) groups is 1. The number of para-hydroxylation sites is 2. The number of anilines is 1. The van der Waals surface area contributed by atoms with Gasteiger partial charge in [0, 0.05) is 19.1 Å². The van der Waals surface area contributed by atoms with E-state index in [2.05, 4.69) is 45.0 Å². The Morgan fingerprint density at radius 3 is 2.17 bits per heavy atom. The Balaban J connectivity index is 1.61. The van der Waals surface area contributed by atoms with Gasteiger partial charge >= 0.3 is 0 Å². The smallest absolute Gasteiger partial charge is 0.224 e. The van der Waals surface area contributed by atoms with Crippen LogP contribution in [0.4, 0.5) is 11.4 Å². The Hall–Kier alpha value is -3.53. The van der Waals surface area contributed by atoms with Gasteiger partial charge in [0.25, 0.3) is 0 Å². The summed E-state index contributed by atoms with van der Waals surface area (Å²) in [6.07, 6.45) is 1.15. The third-order valence-electron chi connectivity index (χ3n) is 7.61. The first kappa shape index (κ1) is 24.2. The van der Waals surface area contributed by atoms with E-state index in [0.29, 0.717) is 12.8 Å². The Morgan fingerprint density at radius 1 is 0.889 bits per heavy atom. The largest absolute Gasteiger partial charge is 0.302 e. The molecule has 4 nitrogen and oxygen atoms in total. The number of fused-ring (bicyclic) bond motifs is 2. The predicted octanol–water partition coefficient (Wildman–Crippen LogP) is 7.24. The summed E-state index contributed by atoms with van der Waals surface area (Å²) in [5, 5.41) is 0. The van der Waals surface area contributed by atoms with E-state index in [4.69, 9.17) is 4.99 Å². The van der Waals surface area contributed by atoms with E-state index in [0.717, 1.165) is 28.2 Å². The monoisotopic (exact) mass is 478 g/mol. The maximum atomic E-state index is 13.9. The molecule has 2 aliphatic rings. The molecule has 1 heterocycles. The first-order valence-corrected chi connectivity index (χ1v) is 12.8. The second-order valence-corrected chi connectivity index (χ2v) is 11.3. The summed E-state index contributed by atoms with van der Waals surface area (Å²) in [5.74, 6) is -0.322. The molecule has 3 atom stereocenters. The highest BCUT2D eigenvalue weighted by molar-refractivity contribution is 6.13. The number of benzene rings is 3. The number of carbonyl (C=O) groups excluding carboxylic acids is 2. The normalized spacial score (nSPS) is 21.8. The number of hydrogen-bond donors (Lipinski definition) is 0. The summed E-state index contributed by atoms with van der Waals surface area (Å²) in [4.78, 5) is 33.9. The van der Waals surface area contributed by atoms with E-state index in [-0.39, 0.29) is 23.0 Å². The average Bonchev–Trinajstić information content (AvgIpc) is 2.99. The second-order valence-electron chi connectivity index (χ2n) is 11.3. The van der Waals surface area contributed by atoms with Crippen molar-refractivity contribution >= 4 is 28.8 Å². The van der Waals surface area contributed by atoms with E-state index in [1.807, 2.05) is 55.5 Å². The number of amides is 1. The molecule has 0 radical (unpaired) electrons. The lowest BCUT2D eigenvalue weighted by Gasteiger charge is -2.38. The zero-order chi connectivity index (χ0) is 25.6. The van der Waals surface area contributed by atoms with Gasteiger partial charge in [-0.15, -0.1) is 0 Å².